The first-order valence-electron chi connectivity index (χ1n) is 6.21. The van der Waals surface area contributed by atoms with E-state index < -0.39 is 6.61 Å². The van der Waals surface area contributed by atoms with Crippen LogP contribution in [-0.2, 0) is 12.8 Å². The number of ether oxygens (including phenoxy) is 1. The Kier molecular flexibility index (Phi) is 3.27. The van der Waals surface area contributed by atoms with E-state index in [2.05, 4.69) is 9.72 Å². The van der Waals surface area contributed by atoms with Gasteiger partial charge in [0, 0.05) is 11.1 Å². The summed E-state index contributed by atoms with van der Waals surface area (Å²) in [5.74, 6) is 0.0859. The van der Waals surface area contributed by atoms with Crippen LogP contribution >= 0.6 is 11.6 Å². The number of halogens is 3. The summed E-state index contributed by atoms with van der Waals surface area (Å²) in [7, 11) is 0. The van der Waals surface area contributed by atoms with Crippen molar-refractivity contribution in [2.45, 2.75) is 32.3 Å². The molecular formula is C14H12ClF2NO. The molecule has 1 aliphatic rings. The molecule has 0 saturated heterocycles. The quantitative estimate of drug-likeness (QED) is 0.816. The Hall–Kier alpha value is -1.42. The van der Waals surface area contributed by atoms with Crippen molar-refractivity contribution in [3.8, 4) is 5.75 Å². The minimum absolute atomic E-state index is 0.0859. The highest BCUT2D eigenvalue weighted by Gasteiger charge is 2.19. The summed E-state index contributed by atoms with van der Waals surface area (Å²) < 4.78 is 29.3. The number of para-hydroxylation sites is 1. The molecule has 0 unspecified atom stereocenters. The first kappa shape index (κ1) is 12.6. The number of alkyl halides is 2. The van der Waals surface area contributed by atoms with Crippen molar-refractivity contribution in [1.29, 1.82) is 0 Å². The van der Waals surface area contributed by atoms with Gasteiger partial charge in [0.1, 0.15) is 5.52 Å². The van der Waals surface area contributed by atoms with Crippen molar-refractivity contribution in [1.82, 2.24) is 4.98 Å². The van der Waals surface area contributed by atoms with Crippen LogP contribution in [0.25, 0.3) is 10.9 Å². The van der Waals surface area contributed by atoms with Crippen molar-refractivity contribution < 1.29 is 13.5 Å². The second-order valence-electron chi connectivity index (χ2n) is 4.59. The third-order valence-electron chi connectivity index (χ3n) is 3.40. The lowest BCUT2D eigenvalue weighted by Gasteiger charge is -2.18. The Morgan fingerprint density at radius 1 is 1.21 bits per heavy atom. The highest BCUT2D eigenvalue weighted by molar-refractivity contribution is 6.36. The molecule has 0 atom stereocenters. The number of fused-ring (bicyclic) bond motifs is 2. The topological polar surface area (TPSA) is 22.1 Å². The molecule has 0 bridgehead atoms. The van der Waals surface area contributed by atoms with Gasteiger partial charge in [0.25, 0.3) is 0 Å². The standard InChI is InChI=1S/C14H12ClF2NO/c15-12-8-4-1-2-6-10(8)18-13-9(12)5-3-7-11(13)19-14(16)17/h3,5,7,14H,1-2,4,6H2. The second-order valence-corrected chi connectivity index (χ2v) is 4.97. The molecule has 1 heterocycles. The van der Waals surface area contributed by atoms with E-state index in [4.69, 9.17) is 11.6 Å². The van der Waals surface area contributed by atoms with Gasteiger partial charge >= 0.3 is 6.61 Å². The Morgan fingerprint density at radius 2 is 2.00 bits per heavy atom. The van der Waals surface area contributed by atoms with Gasteiger partial charge in [0.05, 0.1) is 5.02 Å². The van der Waals surface area contributed by atoms with Gasteiger partial charge in [-0.15, -0.1) is 0 Å². The van der Waals surface area contributed by atoms with Gasteiger partial charge in [-0.25, -0.2) is 4.98 Å². The third-order valence-corrected chi connectivity index (χ3v) is 3.83. The van der Waals surface area contributed by atoms with E-state index in [0.29, 0.717) is 15.9 Å². The summed E-state index contributed by atoms with van der Waals surface area (Å²) in [5, 5.41) is 1.31. The molecule has 2 nitrogen and oxygen atoms in total. The Balaban J connectivity index is 2.23. The zero-order valence-corrected chi connectivity index (χ0v) is 10.9. The first-order valence-corrected chi connectivity index (χ1v) is 6.59. The van der Waals surface area contributed by atoms with Crippen molar-refractivity contribution in [2.24, 2.45) is 0 Å². The van der Waals surface area contributed by atoms with Crippen LogP contribution in [0.15, 0.2) is 18.2 Å². The van der Waals surface area contributed by atoms with E-state index in [1.54, 1.807) is 12.1 Å². The lowest BCUT2D eigenvalue weighted by atomic mass is 9.94. The number of benzene rings is 1. The van der Waals surface area contributed by atoms with Gasteiger partial charge in [-0.3, -0.25) is 0 Å². The van der Waals surface area contributed by atoms with E-state index in [-0.39, 0.29) is 5.75 Å². The van der Waals surface area contributed by atoms with Crippen molar-refractivity contribution in [3.63, 3.8) is 0 Å². The van der Waals surface area contributed by atoms with E-state index in [1.165, 1.54) is 6.07 Å². The van der Waals surface area contributed by atoms with Gasteiger partial charge in [-0.05, 0) is 37.3 Å². The van der Waals surface area contributed by atoms with E-state index in [1.807, 2.05) is 0 Å². The van der Waals surface area contributed by atoms with E-state index in [9.17, 15) is 8.78 Å². The summed E-state index contributed by atoms with van der Waals surface area (Å²) in [5.41, 5.74) is 2.39. The molecule has 1 aliphatic carbocycles. The maximum Gasteiger partial charge on any atom is 0.387 e. The minimum Gasteiger partial charge on any atom is -0.432 e. The minimum atomic E-state index is -2.86. The molecule has 0 fully saturated rings. The van der Waals surface area contributed by atoms with Gasteiger partial charge in [-0.2, -0.15) is 8.78 Å². The van der Waals surface area contributed by atoms with E-state index >= 15 is 0 Å². The maximum atomic E-state index is 12.4. The van der Waals surface area contributed by atoms with Gasteiger partial charge in [0.2, 0.25) is 0 Å². The number of pyridine rings is 1. The molecule has 0 amide bonds. The summed E-state index contributed by atoms with van der Waals surface area (Å²) in [6.45, 7) is -2.86. The molecule has 1 aromatic heterocycles. The molecule has 3 rings (SSSR count). The summed E-state index contributed by atoms with van der Waals surface area (Å²) in [4.78, 5) is 4.49. The molecular weight excluding hydrogens is 272 g/mol. The lowest BCUT2D eigenvalue weighted by molar-refractivity contribution is -0.0489. The largest absolute Gasteiger partial charge is 0.432 e. The number of aryl methyl sites for hydroxylation is 1. The van der Waals surface area contributed by atoms with Crippen molar-refractivity contribution in [3.05, 3.63) is 34.5 Å². The molecule has 0 radical (unpaired) electrons. The van der Waals surface area contributed by atoms with Crippen LogP contribution in [0.1, 0.15) is 24.1 Å². The zero-order chi connectivity index (χ0) is 13.4. The molecule has 0 spiro atoms. The second kappa shape index (κ2) is 4.93. The smallest absolute Gasteiger partial charge is 0.387 e. The van der Waals surface area contributed by atoms with Crippen LogP contribution in [0.4, 0.5) is 8.78 Å². The summed E-state index contributed by atoms with van der Waals surface area (Å²) >= 11 is 6.38. The van der Waals surface area contributed by atoms with Crippen LogP contribution < -0.4 is 4.74 Å². The number of nitrogens with zero attached hydrogens (tertiary/aromatic N) is 1. The predicted octanol–water partition coefficient (Wildman–Crippen LogP) is 4.37. The van der Waals surface area contributed by atoms with Gasteiger partial charge in [0.15, 0.2) is 5.75 Å². The average molecular weight is 284 g/mol. The fraction of sp³-hybridized carbons (Fsp3) is 0.357. The van der Waals surface area contributed by atoms with Crippen LogP contribution in [-0.4, -0.2) is 11.6 Å². The SMILES string of the molecule is FC(F)Oc1cccc2c(Cl)c3c(nc12)CCCC3. The number of rotatable bonds is 2. The molecule has 1 aromatic carbocycles. The molecule has 19 heavy (non-hydrogen) atoms. The van der Waals surface area contributed by atoms with Crippen LogP contribution in [0.2, 0.25) is 5.02 Å². The highest BCUT2D eigenvalue weighted by atomic mass is 35.5. The summed E-state index contributed by atoms with van der Waals surface area (Å²) in [6.07, 6.45) is 3.89. The predicted molar refractivity (Wildman–Crippen MR) is 70.0 cm³/mol. The Labute approximate surface area is 114 Å². The first-order chi connectivity index (χ1) is 9.16. The Morgan fingerprint density at radius 3 is 2.79 bits per heavy atom. The molecule has 0 saturated carbocycles. The maximum absolute atomic E-state index is 12.4. The number of hydrogen-bond donors (Lipinski definition) is 0. The number of aromatic nitrogens is 1. The molecule has 5 heteroatoms. The van der Waals surface area contributed by atoms with Crippen LogP contribution in [0.5, 0.6) is 5.75 Å². The van der Waals surface area contributed by atoms with Crippen LogP contribution in [0, 0.1) is 0 Å². The average Bonchev–Trinajstić information content (AvgIpc) is 2.40. The molecule has 100 valence electrons. The molecule has 2 aromatic rings. The zero-order valence-electron chi connectivity index (χ0n) is 10.1. The Bertz CT molecular complexity index is 630. The van der Waals surface area contributed by atoms with Crippen molar-refractivity contribution in [2.75, 3.05) is 0 Å². The van der Waals surface area contributed by atoms with Gasteiger partial charge in [-0.1, -0.05) is 23.7 Å². The van der Waals surface area contributed by atoms with Crippen LogP contribution in [0.3, 0.4) is 0 Å². The molecule has 0 N–H and O–H groups in total. The van der Waals surface area contributed by atoms with E-state index in [0.717, 1.165) is 36.9 Å². The lowest BCUT2D eigenvalue weighted by Crippen LogP contribution is -2.08. The van der Waals surface area contributed by atoms with Crippen molar-refractivity contribution >= 4 is 22.5 Å². The van der Waals surface area contributed by atoms with Gasteiger partial charge < -0.3 is 4.74 Å². The summed E-state index contributed by atoms with van der Waals surface area (Å²) in [6, 6.07) is 4.94. The fourth-order valence-electron chi connectivity index (χ4n) is 2.55. The monoisotopic (exact) mass is 283 g/mol. The highest BCUT2D eigenvalue weighted by Crippen LogP contribution is 2.36. The fourth-order valence-corrected chi connectivity index (χ4v) is 2.91. The third kappa shape index (κ3) is 2.25. The molecule has 0 aliphatic heterocycles. The normalized spacial score (nSPS) is 14.7. The number of hydrogen-bond acceptors (Lipinski definition) is 2.